The minimum atomic E-state index is -0.363. The third-order valence-electron chi connectivity index (χ3n) is 2.06. The molecule has 16 heavy (non-hydrogen) atoms. The van der Waals surface area contributed by atoms with Crippen molar-refractivity contribution in [3.63, 3.8) is 0 Å². The van der Waals surface area contributed by atoms with Crippen LogP contribution >= 0.6 is 0 Å². The van der Waals surface area contributed by atoms with Crippen molar-refractivity contribution in [1.82, 2.24) is 9.97 Å². The highest BCUT2D eigenvalue weighted by atomic mass is 16.2. The smallest absolute Gasteiger partial charge is 0.258 e. The highest BCUT2D eigenvalue weighted by Crippen LogP contribution is 2.08. The van der Waals surface area contributed by atoms with Crippen LogP contribution in [0.25, 0.3) is 0 Å². The van der Waals surface area contributed by atoms with Gasteiger partial charge in [-0.25, -0.2) is 4.98 Å². The van der Waals surface area contributed by atoms with Gasteiger partial charge in [0.1, 0.15) is 0 Å². The lowest BCUT2D eigenvalue weighted by Gasteiger charge is -2.03. The molecule has 2 rings (SSSR count). The zero-order valence-corrected chi connectivity index (χ0v) is 8.31. The normalized spacial score (nSPS) is 9.75. The summed E-state index contributed by atoms with van der Waals surface area (Å²) < 4.78 is 0. The van der Waals surface area contributed by atoms with E-state index in [1.54, 1.807) is 30.5 Å². The topological polar surface area (TPSA) is 74.8 Å². The third kappa shape index (κ3) is 1.98. The van der Waals surface area contributed by atoms with E-state index in [1.165, 1.54) is 6.20 Å². The van der Waals surface area contributed by atoms with Gasteiger partial charge in [0.05, 0.1) is 5.56 Å². The van der Waals surface area contributed by atoms with Crippen LogP contribution in [0.15, 0.2) is 36.7 Å². The lowest BCUT2D eigenvalue weighted by Crippen LogP contribution is -2.14. The summed E-state index contributed by atoms with van der Waals surface area (Å²) in [5, 5.41) is 2.55. The molecule has 1 heterocycles. The number of nitrogens with one attached hydrogen (secondary N) is 2. The molecule has 0 fully saturated rings. The number of benzene rings is 1. The monoisotopic (exact) mass is 215 g/mol. The van der Waals surface area contributed by atoms with Crippen molar-refractivity contribution in [1.29, 1.82) is 0 Å². The SMILES string of the molecule is O=Cc1ccccc1C(=O)Nc1ncc[nH]1. The summed E-state index contributed by atoms with van der Waals surface area (Å²) >= 11 is 0. The van der Waals surface area contributed by atoms with Gasteiger partial charge in [-0.3, -0.25) is 14.9 Å². The van der Waals surface area contributed by atoms with Crippen molar-refractivity contribution in [2.75, 3.05) is 5.32 Å². The van der Waals surface area contributed by atoms with Crippen LogP contribution in [0, 0.1) is 0 Å². The van der Waals surface area contributed by atoms with Crippen molar-refractivity contribution < 1.29 is 9.59 Å². The van der Waals surface area contributed by atoms with Crippen molar-refractivity contribution in [2.24, 2.45) is 0 Å². The number of aromatic nitrogens is 2. The second-order valence-corrected chi connectivity index (χ2v) is 3.10. The van der Waals surface area contributed by atoms with Crippen LogP contribution in [-0.4, -0.2) is 22.2 Å². The number of aromatic amines is 1. The van der Waals surface area contributed by atoms with E-state index in [4.69, 9.17) is 0 Å². The molecule has 0 saturated carbocycles. The van der Waals surface area contributed by atoms with Gasteiger partial charge in [0.2, 0.25) is 5.95 Å². The van der Waals surface area contributed by atoms with Crippen LogP contribution in [0.5, 0.6) is 0 Å². The molecular weight excluding hydrogens is 206 g/mol. The largest absolute Gasteiger partial charge is 0.331 e. The molecule has 2 aromatic rings. The van der Waals surface area contributed by atoms with E-state index in [0.29, 0.717) is 23.4 Å². The Bertz CT molecular complexity index is 506. The number of anilines is 1. The number of hydrogen-bond donors (Lipinski definition) is 2. The van der Waals surface area contributed by atoms with Gasteiger partial charge >= 0.3 is 0 Å². The fourth-order valence-corrected chi connectivity index (χ4v) is 1.32. The predicted molar refractivity (Wildman–Crippen MR) is 58.4 cm³/mol. The highest BCUT2D eigenvalue weighted by Gasteiger charge is 2.10. The molecule has 0 aliphatic heterocycles. The van der Waals surface area contributed by atoms with Crippen molar-refractivity contribution in [3.05, 3.63) is 47.8 Å². The highest BCUT2D eigenvalue weighted by molar-refractivity contribution is 6.08. The van der Waals surface area contributed by atoms with E-state index in [9.17, 15) is 9.59 Å². The molecule has 1 amide bonds. The molecule has 0 aliphatic carbocycles. The van der Waals surface area contributed by atoms with E-state index in [2.05, 4.69) is 15.3 Å². The first-order chi connectivity index (χ1) is 7.81. The number of rotatable bonds is 3. The second kappa shape index (κ2) is 4.39. The Morgan fingerprint density at radius 2 is 2.19 bits per heavy atom. The Morgan fingerprint density at radius 1 is 1.38 bits per heavy atom. The van der Waals surface area contributed by atoms with E-state index in [0.717, 1.165) is 0 Å². The van der Waals surface area contributed by atoms with Crippen molar-refractivity contribution in [2.45, 2.75) is 0 Å². The molecule has 5 nitrogen and oxygen atoms in total. The second-order valence-electron chi connectivity index (χ2n) is 3.10. The molecule has 0 radical (unpaired) electrons. The summed E-state index contributed by atoms with van der Waals surface area (Å²) in [5.74, 6) is -0.0108. The predicted octanol–water partition coefficient (Wildman–Crippen LogP) is 1.47. The first-order valence-electron chi connectivity index (χ1n) is 4.66. The number of nitrogens with zero attached hydrogens (tertiary/aromatic N) is 1. The summed E-state index contributed by atoms with van der Waals surface area (Å²) in [7, 11) is 0. The molecule has 2 N–H and O–H groups in total. The first kappa shape index (κ1) is 10.1. The lowest BCUT2D eigenvalue weighted by molar-refractivity contribution is 0.101. The number of hydrogen-bond acceptors (Lipinski definition) is 3. The Morgan fingerprint density at radius 3 is 2.88 bits per heavy atom. The van der Waals surface area contributed by atoms with Crippen molar-refractivity contribution in [3.8, 4) is 0 Å². The molecule has 5 heteroatoms. The Kier molecular flexibility index (Phi) is 2.77. The van der Waals surface area contributed by atoms with Gasteiger partial charge in [-0.15, -0.1) is 0 Å². The van der Waals surface area contributed by atoms with Crippen molar-refractivity contribution >= 4 is 18.1 Å². The summed E-state index contributed by atoms with van der Waals surface area (Å²) in [5.41, 5.74) is 0.681. The van der Waals surface area contributed by atoms with Gasteiger partial charge in [0.15, 0.2) is 6.29 Å². The molecule has 0 spiro atoms. The lowest BCUT2D eigenvalue weighted by atomic mass is 10.1. The standard InChI is InChI=1S/C11H9N3O2/c15-7-8-3-1-2-4-9(8)10(16)14-11-12-5-6-13-11/h1-7H,(H2,12,13,14,16). The van der Waals surface area contributed by atoms with E-state index >= 15 is 0 Å². The fourth-order valence-electron chi connectivity index (χ4n) is 1.32. The maximum Gasteiger partial charge on any atom is 0.258 e. The van der Waals surface area contributed by atoms with Crippen LogP contribution in [0.1, 0.15) is 20.7 Å². The summed E-state index contributed by atoms with van der Waals surface area (Å²) in [6.07, 6.45) is 3.78. The summed E-state index contributed by atoms with van der Waals surface area (Å²) in [6.45, 7) is 0. The Hall–Kier alpha value is -2.43. The molecule has 1 aromatic carbocycles. The minimum Gasteiger partial charge on any atom is -0.331 e. The molecule has 1 aromatic heterocycles. The Labute approximate surface area is 91.5 Å². The van der Waals surface area contributed by atoms with Crippen LogP contribution in [0.4, 0.5) is 5.95 Å². The first-order valence-corrected chi connectivity index (χ1v) is 4.66. The quantitative estimate of drug-likeness (QED) is 0.761. The number of aldehydes is 1. The van der Waals surface area contributed by atoms with Gasteiger partial charge < -0.3 is 4.98 Å². The molecule has 0 saturated heterocycles. The molecule has 80 valence electrons. The Balaban J connectivity index is 2.24. The molecule has 0 atom stereocenters. The molecular formula is C11H9N3O2. The average Bonchev–Trinajstić information content (AvgIpc) is 2.81. The van der Waals surface area contributed by atoms with E-state index in [-0.39, 0.29) is 5.91 Å². The number of H-pyrrole nitrogens is 1. The van der Waals surface area contributed by atoms with Crippen LogP contribution in [0.2, 0.25) is 0 Å². The average molecular weight is 215 g/mol. The van der Waals surface area contributed by atoms with Crippen LogP contribution in [0.3, 0.4) is 0 Å². The summed E-state index contributed by atoms with van der Waals surface area (Å²) in [6, 6.07) is 6.57. The maximum atomic E-state index is 11.8. The van der Waals surface area contributed by atoms with Gasteiger partial charge in [0.25, 0.3) is 5.91 Å². The summed E-state index contributed by atoms with van der Waals surface area (Å²) in [4.78, 5) is 29.1. The number of carbonyl (C=O) groups excluding carboxylic acids is 2. The van der Waals surface area contributed by atoms with E-state index < -0.39 is 0 Å². The van der Waals surface area contributed by atoms with Crippen LogP contribution in [-0.2, 0) is 0 Å². The molecule has 0 bridgehead atoms. The fraction of sp³-hybridized carbons (Fsp3) is 0. The molecule has 0 unspecified atom stereocenters. The number of amides is 1. The van der Waals surface area contributed by atoms with Gasteiger partial charge in [-0.1, -0.05) is 18.2 Å². The van der Waals surface area contributed by atoms with E-state index in [1.807, 2.05) is 0 Å². The molecule has 0 aliphatic rings. The zero-order chi connectivity index (χ0) is 11.4. The van der Waals surface area contributed by atoms with Gasteiger partial charge in [0, 0.05) is 18.0 Å². The zero-order valence-electron chi connectivity index (χ0n) is 8.31. The number of carbonyl (C=O) groups is 2. The maximum absolute atomic E-state index is 11.8. The number of imidazole rings is 1. The van der Waals surface area contributed by atoms with Gasteiger partial charge in [-0.2, -0.15) is 0 Å². The minimum absolute atomic E-state index is 0.328. The third-order valence-corrected chi connectivity index (χ3v) is 2.06. The van der Waals surface area contributed by atoms with Gasteiger partial charge in [-0.05, 0) is 6.07 Å². The van der Waals surface area contributed by atoms with Crippen LogP contribution < -0.4 is 5.32 Å².